The summed E-state index contributed by atoms with van der Waals surface area (Å²) >= 11 is 0. The van der Waals surface area contributed by atoms with E-state index in [1.165, 1.54) is 45.3 Å². The highest BCUT2D eigenvalue weighted by molar-refractivity contribution is 7.89. The fourth-order valence-electron chi connectivity index (χ4n) is 2.81. The Balaban J connectivity index is 1.88. The second-order valence-corrected chi connectivity index (χ2v) is 8.82. The molecule has 1 aliphatic rings. The van der Waals surface area contributed by atoms with Crippen LogP contribution in [0.15, 0.2) is 29.2 Å². The van der Waals surface area contributed by atoms with Crippen LogP contribution in [0.5, 0.6) is 0 Å². The lowest BCUT2D eigenvalue weighted by Gasteiger charge is -2.24. The fraction of sp³-hybridized carbons (Fsp3) is 0.556. The highest BCUT2D eigenvalue weighted by atomic mass is 32.2. The van der Waals surface area contributed by atoms with Crippen molar-refractivity contribution in [3.05, 3.63) is 29.8 Å². The van der Waals surface area contributed by atoms with E-state index in [1.807, 2.05) is 0 Å². The molecule has 8 nitrogen and oxygen atoms in total. The number of carbonyl (C=O) groups is 2. The van der Waals surface area contributed by atoms with Crippen LogP contribution in [0.3, 0.4) is 0 Å². The molecule has 0 spiro atoms. The predicted molar refractivity (Wildman–Crippen MR) is 101 cm³/mol. The van der Waals surface area contributed by atoms with Gasteiger partial charge in [0.15, 0.2) is 0 Å². The van der Waals surface area contributed by atoms with Crippen LogP contribution in [-0.2, 0) is 19.6 Å². The van der Waals surface area contributed by atoms with Crippen LogP contribution in [-0.4, -0.2) is 75.9 Å². The molecule has 1 N–H and O–H groups in total. The largest absolute Gasteiger partial charge is 0.376 e. The van der Waals surface area contributed by atoms with E-state index in [0.717, 1.165) is 23.8 Å². The molecule has 2 rings (SSSR count). The molecular formula is C18H27N3O5S. The maximum Gasteiger partial charge on any atom is 0.251 e. The SMILES string of the molecule is CC(=O)N(CCNC(=O)c1ccc(S(=O)(=O)N(C)C)cc1)CC1CCCO1. The molecule has 27 heavy (non-hydrogen) atoms. The highest BCUT2D eigenvalue weighted by Crippen LogP contribution is 2.14. The molecule has 1 fully saturated rings. The van der Waals surface area contributed by atoms with Gasteiger partial charge in [0.25, 0.3) is 5.91 Å². The van der Waals surface area contributed by atoms with Gasteiger partial charge in [0, 0.05) is 52.8 Å². The minimum Gasteiger partial charge on any atom is -0.376 e. The van der Waals surface area contributed by atoms with E-state index >= 15 is 0 Å². The van der Waals surface area contributed by atoms with E-state index in [4.69, 9.17) is 4.74 Å². The average molecular weight is 397 g/mol. The second-order valence-electron chi connectivity index (χ2n) is 6.67. The molecule has 1 aromatic rings. The maximum absolute atomic E-state index is 12.2. The van der Waals surface area contributed by atoms with Gasteiger partial charge in [0.2, 0.25) is 15.9 Å². The smallest absolute Gasteiger partial charge is 0.251 e. The van der Waals surface area contributed by atoms with Crippen molar-refractivity contribution in [3.63, 3.8) is 0 Å². The summed E-state index contributed by atoms with van der Waals surface area (Å²) in [6.45, 7) is 3.46. The summed E-state index contributed by atoms with van der Waals surface area (Å²) in [5.74, 6) is -0.373. The van der Waals surface area contributed by atoms with E-state index in [-0.39, 0.29) is 22.8 Å². The number of amides is 2. The number of hydrogen-bond donors (Lipinski definition) is 1. The van der Waals surface area contributed by atoms with E-state index in [9.17, 15) is 18.0 Å². The van der Waals surface area contributed by atoms with Crippen molar-refractivity contribution in [1.29, 1.82) is 0 Å². The number of rotatable bonds is 8. The zero-order valence-corrected chi connectivity index (χ0v) is 16.8. The Kier molecular flexibility index (Phi) is 7.34. The lowest BCUT2D eigenvalue weighted by Crippen LogP contribution is -2.41. The zero-order chi connectivity index (χ0) is 20.0. The fourth-order valence-corrected chi connectivity index (χ4v) is 3.71. The van der Waals surface area contributed by atoms with Crippen LogP contribution >= 0.6 is 0 Å². The van der Waals surface area contributed by atoms with Crippen molar-refractivity contribution in [3.8, 4) is 0 Å². The lowest BCUT2D eigenvalue weighted by atomic mass is 10.2. The summed E-state index contributed by atoms with van der Waals surface area (Å²) in [5, 5.41) is 2.76. The molecule has 1 aromatic carbocycles. The molecule has 0 radical (unpaired) electrons. The van der Waals surface area contributed by atoms with Crippen LogP contribution in [0.2, 0.25) is 0 Å². The third kappa shape index (κ3) is 5.75. The second kappa shape index (κ2) is 9.29. The molecule has 0 saturated carbocycles. The molecule has 9 heteroatoms. The summed E-state index contributed by atoms with van der Waals surface area (Å²) in [7, 11) is -0.620. The Morgan fingerprint density at radius 3 is 2.41 bits per heavy atom. The first-order valence-corrected chi connectivity index (χ1v) is 10.3. The number of carbonyl (C=O) groups excluding carboxylic acids is 2. The summed E-state index contributed by atoms with van der Waals surface area (Å²) in [4.78, 5) is 25.8. The van der Waals surface area contributed by atoms with Gasteiger partial charge in [-0.2, -0.15) is 0 Å². The summed E-state index contributed by atoms with van der Waals surface area (Å²) in [5.41, 5.74) is 0.362. The third-order valence-corrected chi connectivity index (χ3v) is 6.29. The summed E-state index contributed by atoms with van der Waals surface area (Å²) in [6, 6.07) is 5.76. The molecule has 2 amide bonds. The van der Waals surface area contributed by atoms with Crippen LogP contribution in [0, 0.1) is 0 Å². The van der Waals surface area contributed by atoms with Crippen LogP contribution in [0.25, 0.3) is 0 Å². The van der Waals surface area contributed by atoms with Crippen molar-refractivity contribution in [1.82, 2.24) is 14.5 Å². The van der Waals surface area contributed by atoms with Gasteiger partial charge in [-0.15, -0.1) is 0 Å². The number of nitrogens with zero attached hydrogens (tertiary/aromatic N) is 2. The molecule has 0 aliphatic carbocycles. The quantitative estimate of drug-likeness (QED) is 0.696. The minimum atomic E-state index is -3.52. The third-order valence-electron chi connectivity index (χ3n) is 4.46. The van der Waals surface area contributed by atoms with Gasteiger partial charge in [-0.05, 0) is 37.1 Å². The standard InChI is InChI=1S/C18H27N3O5S/c1-14(22)21(13-16-5-4-12-26-16)11-10-19-18(23)15-6-8-17(9-7-15)27(24,25)20(2)3/h6-9,16H,4-5,10-13H2,1-3H3,(H,19,23). The molecular weight excluding hydrogens is 370 g/mol. The topological polar surface area (TPSA) is 96.0 Å². The van der Waals surface area contributed by atoms with Crippen molar-refractivity contribution < 1.29 is 22.7 Å². The minimum absolute atomic E-state index is 0.0574. The van der Waals surface area contributed by atoms with Gasteiger partial charge in [-0.1, -0.05) is 0 Å². The molecule has 0 aromatic heterocycles. The molecule has 1 unspecified atom stereocenters. The average Bonchev–Trinajstić information content (AvgIpc) is 3.13. The van der Waals surface area contributed by atoms with Crippen molar-refractivity contribution in [2.24, 2.45) is 0 Å². The van der Waals surface area contributed by atoms with Crippen molar-refractivity contribution in [2.45, 2.75) is 30.8 Å². The van der Waals surface area contributed by atoms with Crippen LogP contribution in [0.4, 0.5) is 0 Å². The van der Waals surface area contributed by atoms with Gasteiger partial charge in [-0.25, -0.2) is 12.7 Å². The molecule has 1 atom stereocenters. The first-order chi connectivity index (χ1) is 12.7. The van der Waals surface area contributed by atoms with Gasteiger partial charge in [0.1, 0.15) is 0 Å². The van der Waals surface area contributed by atoms with E-state index in [2.05, 4.69) is 5.32 Å². The molecule has 0 bridgehead atoms. The molecule has 1 saturated heterocycles. The lowest BCUT2D eigenvalue weighted by molar-refractivity contribution is -0.130. The summed E-state index contributed by atoms with van der Waals surface area (Å²) in [6.07, 6.45) is 2.01. The number of nitrogens with one attached hydrogen (secondary N) is 1. The van der Waals surface area contributed by atoms with Gasteiger partial charge >= 0.3 is 0 Å². The Morgan fingerprint density at radius 2 is 1.89 bits per heavy atom. The summed E-state index contributed by atoms with van der Waals surface area (Å²) < 4.78 is 30.8. The Labute approximate surface area is 160 Å². The van der Waals surface area contributed by atoms with E-state index in [1.54, 1.807) is 4.90 Å². The van der Waals surface area contributed by atoms with Crippen LogP contribution in [0.1, 0.15) is 30.1 Å². The Hall–Kier alpha value is -1.97. The Morgan fingerprint density at radius 1 is 1.22 bits per heavy atom. The number of benzene rings is 1. The van der Waals surface area contributed by atoms with E-state index in [0.29, 0.717) is 25.2 Å². The molecule has 1 heterocycles. The van der Waals surface area contributed by atoms with Crippen LogP contribution < -0.4 is 5.32 Å². The number of sulfonamides is 1. The van der Waals surface area contributed by atoms with Gasteiger partial charge < -0.3 is 15.0 Å². The van der Waals surface area contributed by atoms with Crippen molar-refractivity contribution >= 4 is 21.8 Å². The zero-order valence-electron chi connectivity index (χ0n) is 16.0. The highest BCUT2D eigenvalue weighted by Gasteiger charge is 2.21. The molecule has 150 valence electrons. The number of hydrogen-bond acceptors (Lipinski definition) is 5. The van der Waals surface area contributed by atoms with E-state index < -0.39 is 10.0 Å². The monoisotopic (exact) mass is 397 g/mol. The van der Waals surface area contributed by atoms with Crippen molar-refractivity contribution in [2.75, 3.05) is 40.3 Å². The Bertz CT molecular complexity index is 756. The molecule has 1 aliphatic heterocycles. The predicted octanol–water partition coefficient (Wildman–Crippen LogP) is 0.694. The first kappa shape index (κ1) is 21.3. The number of ether oxygens (including phenoxy) is 1. The maximum atomic E-state index is 12.2. The van der Waals surface area contributed by atoms with Gasteiger partial charge in [0.05, 0.1) is 11.0 Å². The van der Waals surface area contributed by atoms with Gasteiger partial charge in [-0.3, -0.25) is 9.59 Å². The normalized spacial score (nSPS) is 17.1. The first-order valence-electron chi connectivity index (χ1n) is 8.89.